The molecule has 1 unspecified atom stereocenters. The molecule has 0 saturated carbocycles. The monoisotopic (exact) mass is 502 g/mol. The zero-order chi connectivity index (χ0) is 26.5. The van der Waals surface area contributed by atoms with Crippen molar-refractivity contribution in [1.29, 1.82) is 0 Å². The maximum atomic E-state index is 13.4. The standard InChI is InChI=1S/C29H30N2O6/c1-18(2)17-37-22-7-5-6-20(14-22)26-25(27(32)23-9-8-21(35-3)15-24(23)36-4)28(33)29(34)31(26)16-19-10-12-30-13-11-19/h5-15,18,26,32H,16-17H2,1-4H3/b27-25+. The lowest BCUT2D eigenvalue weighted by atomic mass is 9.94. The van der Waals surface area contributed by atoms with Gasteiger partial charge in [0.15, 0.2) is 0 Å². The number of likely N-dealkylation sites (tertiary alicyclic amines) is 1. The summed E-state index contributed by atoms with van der Waals surface area (Å²) in [6.07, 6.45) is 3.26. The largest absolute Gasteiger partial charge is 0.507 e. The van der Waals surface area contributed by atoms with Crippen molar-refractivity contribution < 1.29 is 28.9 Å². The third-order valence-corrected chi connectivity index (χ3v) is 6.06. The van der Waals surface area contributed by atoms with E-state index in [1.807, 2.05) is 18.2 Å². The number of ether oxygens (including phenoxy) is 3. The molecule has 0 spiro atoms. The van der Waals surface area contributed by atoms with Crippen molar-refractivity contribution in [3.8, 4) is 17.2 Å². The van der Waals surface area contributed by atoms with Gasteiger partial charge in [0, 0.05) is 25.0 Å². The molecule has 1 aromatic heterocycles. The molecule has 2 heterocycles. The topological polar surface area (TPSA) is 98.2 Å². The molecule has 37 heavy (non-hydrogen) atoms. The summed E-state index contributed by atoms with van der Waals surface area (Å²) in [5.74, 6) is -0.0323. The number of Topliss-reactive ketones (excluding diaryl/α,β-unsaturated/α-hetero) is 1. The fourth-order valence-electron chi connectivity index (χ4n) is 4.25. The molecule has 2 aromatic carbocycles. The number of aliphatic hydroxyl groups is 1. The number of hydrogen-bond donors (Lipinski definition) is 1. The van der Waals surface area contributed by atoms with Gasteiger partial charge < -0.3 is 24.2 Å². The fourth-order valence-corrected chi connectivity index (χ4v) is 4.25. The Kier molecular flexibility index (Phi) is 7.77. The minimum absolute atomic E-state index is 0.0245. The van der Waals surface area contributed by atoms with Crippen molar-refractivity contribution in [3.63, 3.8) is 0 Å². The van der Waals surface area contributed by atoms with E-state index in [1.165, 1.54) is 19.1 Å². The summed E-state index contributed by atoms with van der Waals surface area (Å²) >= 11 is 0. The van der Waals surface area contributed by atoms with E-state index in [0.717, 1.165) is 5.56 Å². The molecule has 1 fully saturated rings. The van der Waals surface area contributed by atoms with Gasteiger partial charge in [-0.15, -0.1) is 0 Å². The zero-order valence-electron chi connectivity index (χ0n) is 21.3. The lowest BCUT2D eigenvalue weighted by molar-refractivity contribution is -0.140. The average molecular weight is 503 g/mol. The lowest BCUT2D eigenvalue weighted by Gasteiger charge is -2.26. The molecule has 0 radical (unpaired) electrons. The molecular weight excluding hydrogens is 472 g/mol. The third-order valence-electron chi connectivity index (χ3n) is 6.06. The van der Waals surface area contributed by atoms with Gasteiger partial charge in [0.1, 0.15) is 23.0 Å². The first kappa shape index (κ1) is 25.8. The van der Waals surface area contributed by atoms with Gasteiger partial charge in [-0.3, -0.25) is 14.6 Å². The molecule has 8 nitrogen and oxygen atoms in total. The van der Waals surface area contributed by atoms with Gasteiger partial charge >= 0.3 is 0 Å². The summed E-state index contributed by atoms with van der Waals surface area (Å²) in [6.45, 7) is 4.78. The van der Waals surface area contributed by atoms with Crippen LogP contribution < -0.4 is 14.2 Å². The third kappa shape index (κ3) is 5.43. The van der Waals surface area contributed by atoms with Gasteiger partial charge in [0.25, 0.3) is 11.7 Å². The van der Waals surface area contributed by atoms with Crippen LogP contribution in [-0.2, 0) is 16.1 Å². The van der Waals surface area contributed by atoms with E-state index in [9.17, 15) is 14.7 Å². The number of rotatable bonds is 9. The quantitative estimate of drug-likeness (QED) is 0.256. The van der Waals surface area contributed by atoms with Crippen LogP contribution in [0.25, 0.3) is 5.76 Å². The number of carbonyl (C=O) groups excluding carboxylic acids is 2. The smallest absolute Gasteiger partial charge is 0.295 e. The number of aromatic nitrogens is 1. The Morgan fingerprint density at radius 1 is 1.00 bits per heavy atom. The van der Waals surface area contributed by atoms with Crippen molar-refractivity contribution in [1.82, 2.24) is 9.88 Å². The van der Waals surface area contributed by atoms with Gasteiger partial charge in [0.05, 0.1) is 38.0 Å². The van der Waals surface area contributed by atoms with Crippen LogP contribution in [-0.4, -0.2) is 47.5 Å². The van der Waals surface area contributed by atoms with E-state index in [-0.39, 0.29) is 23.4 Å². The predicted molar refractivity (Wildman–Crippen MR) is 138 cm³/mol. The first-order chi connectivity index (χ1) is 17.8. The molecule has 1 amide bonds. The van der Waals surface area contributed by atoms with Crippen LogP contribution in [0.3, 0.4) is 0 Å². The molecule has 1 saturated heterocycles. The van der Waals surface area contributed by atoms with Gasteiger partial charge in [-0.05, 0) is 53.4 Å². The highest BCUT2D eigenvalue weighted by atomic mass is 16.5. The molecule has 3 aromatic rings. The van der Waals surface area contributed by atoms with E-state index in [1.54, 1.807) is 48.8 Å². The first-order valence-corrected chi connectivity index (χ1v) is 12.0. The Morgan fingerprint density at radius 2 is 1.76 bits per heavy atom. The first-order valence-electron chi connectivity index (χ1n) is 12.0. The number of amides is 1. The number of nitrogens with zero attached hydrogens (tertiary/aromatic N) is 2. The normalized spacial score (nSPS) is 16.8. The number of carbonyl (C=O) groups is 2. The highest BCUT2D eigenvalue weighted by molar-refractivity contribution is 6.46. The van der Waals surface area contributed by atoms with E-state index in [0.29, 0.717) is 35.3 Å². The summed E-state index contributed by atoms with van der Waals surface area (Å²) in [7, 11) is 2.98. The second-order valence-corrected chi connectivity index (χ2v) is 9.13. The maximum absolute atomic E-state index is 13.4. The Hall–Kier alpha value is -4.33. The van der Waals surface area contributed by atoms with E-state index in [4.69, 9.17) is 14.2 Å². The van der Waals surface area contributed by atoms with Crippen LogP contribution in [0, 0.1) is 5.92 Å². The molecule has 1 aliphatic heterocycles. The van der Waals surface area contributed by atoms with Crippen molar-refractivity contribution >= 4 is 17.4 Å². The molecule has 1 aliphatic rings. The summed E-state index contributed by atoms with van der Waals surface area (Å²) in [5.41, 5.74) is 1.70. The second-order valence-electron chi connectivity index (χ2n) is 9.13. The Labute approximate surface area is 216 Å². The van der Waals surface area contributed by atoms with Crippen LogP contribution >= 0.6 is 0 Å². The number of methoxy groups -OCH3 is 2. The van der Waals surface area contributed by atoms with Gasteiger partial charge in [0.2, 0.25) is 0 Å². The molecule has 192 valence electrons. The lowest BCUT2D eigenvalue weighted by Crippen LogP contribution is -2.29. The predicted octanol–water partition coefficient (Wildman–Crippen LogP) is 4.76. The highest BCUT2D eigenvalue weighted by Crippen LogP contribution is 2.42. The van der Waals surface area contributed by atoms with Crippen LogP contribution in [0.15, 0.2) is 72.6 Å². The summed E-state index contributed by atoms with van der Waals surface area (Å²) in [6, 6.07) is 14.8. The van der Waals surface area contributed by atoms with Crippen LogP contribution in [0.5, 0.6) is 17.2 Å². The average Bonchev–Trinajstić information content (AvgIpc) is 3.16. The number of benzene rings is 2. The van der Waals surface area contributed by atoms with Crippen LogP contribution in [0.4, 0.5) is 0 Å². The second kappa shape index (κ2) is 11.2. The molecule has 1 atom stereocenters. The van der Waals surface area contributed by atoms with Crippen LogP contribution in [0.2, 0.25) is 0 Å². The van der Waals surface area contributed by atoms with Crippen molar-refractivity contribution in [2.75, 3.05) is 20.8 Å². The van der Waals surface area contributed by atoms with Crippen LogP contribution in [0.1, 0.15) is 36.6 Å². The number of hydrogen-bond acceptors (Lipinski definition) is 7. The molecule has 8 heteroatoms. The minimum Gasteiger partial charge on any atom is -0.507 e. The molecule has 0 bridgehead atoms. The number of aliphatic hydroxyl groups excluding tert-OH is 1. The van der Waals surface area contributed by atoms with E-state index in [2.05, 4.69) is 18.8 Å². The summed E-state index contributed by atoms with van der Waals surface area (Å²) in [5, 5.41) is 11.5. The maximum Gasteiger partial charge on any atom is 0.295 e. The van der Waals surface area contributed by atoms with Crippen molar-refractivity contribution in [2.24, 2.45) is 5.92 Å². The van der Waals surface area contributed by atoms with Crippen molar-refractivity contribution in [2.45, 2.75) is 26.4 Å². The Bertz CT molecular complexity index is 1320. The Morgan fingerprint density at radius 3 is 2.43 bits per heavy atom. The molecule has 0 aliphatic carbocycles. The van der Waals surface area contributed by atoms with Gasteiger partial charge in [-0.25, -0.2) is 0 Å². The summed E-state index contributed by atoms with van der Waals surface area (Å²) in [4.78, 5) is 32.2. The molecule has 4 rings (SSSR count). The van der Waals surface area contributed by atoms with E-state index < -0.39 is 17.7 Å². The van der Waals surface area contributed by atoms with Gasteiger partial charge in [-0.1, -0.05) is 26.0 Å². The SMILES string of the molecule is COc1ccc(/C(O)=C2\C(=O)C(=O)N(Cc3ccncc3)C2c2cccc(OCC(C)C)c2)c(OC)c1. The summed E-state index contributed by atoms with van der Waals surface area (Å²) < 4.78 is 16.6. The highest BCUT2D eigenvalue weighted by Gasteiger charge is 2.46. The fraction of sp³-hybridized carbons (Fsp3) is 0.276. The van der Waals surface area contributed by atoms with E-state index >= 15 is 0 Å². The Balaban J connectivity index is 1.86. The number of ketones is 1. The number of pyridine rings is 1. The van der Waals surface area contributed by atoms with Gasteiger partial charge in [-0.2, -0.15) is 0 Å². The minimum atomic E-state index is -0.845. The molecular formula is C29H30N2O6. The molecule has 1 N–H and O–H groups in total. The zero-order valence-corrected chi connectivity index (χ0v) is 21.3. The van der Waals surface area contributed by atoms with Crippen molar-refractivity contribution in [3.05, 3.63) is 89.3 Å².